The summed E-state index contributed by atoms with van der Waals surface area (Å²) in [5.41, 5.74) is 4.93. The van der Waals surface area contributed by atoms with Crippen LogP contribution in [0.3, 0.4) is 0 Å². The van der Waals surface area contributed by atoms with Gasteiger partial charge >= 0.3 is 0 Å². The molecule has 0 unspecified atom stereocenters. The number of fused-ring (bicyclic) bond motifs is 2. The lowest BCUT2D eigenvalue weighted by Gasteiger charge is -2.02. The van der Waals surface area contributed by atoms with Crippen LogP contribution in [0.2, 0.25) is 0 Å². The van der Waals surface area contributed by atoms with Gasteiger partial charge in [-0.3, -0.25) is 4.79 Å². The molecule has 0 radical (unpaired) electrons. The van der Waals surface area contributed by atoms with Gasteiger partial charge in [0.2, 0.25) is 0 Å². The molecule has 1 amide bonds. The van der Waals surface area contributed by atoms with E-state index in [2.05, 4.69) is 16.6 Å². The molecule has 27 heavy (non-hydrogen) atoms. The van der Waals surface area contributed by atoms with Gasteiger partial charge in [0, 0.05) is 28.2 Å². The van der Waals surface area contributed by atoms with Crippen molar-refractivity contribution in [3.63, 3.8) is 0 Å². The lowest BCUT2D eigenvalue weighted by Crippen LogP contribution is -2.17. The molecule has 130 valence electrons. The summed E-state index contributed by atoms with van der Waals surface area (Å²) in [6.07, 6.45) is 3.47. The zero-order valence-electron chi connectivity index (χ0n) is 14.5. The normalized spacial score (nSPS) is 11.1. The minimum atomic E-state index is -0.266. The number of nitriles is 1. The molecule has 0 fully saturated rings. The number of hydrogen-bond donors (Lipinski definition) is 1. The van der Waals surface area contributed by atoms with E-state index in [9.17, 15) is 4.79 Å². The summed E-state index contributed by atoms with van der Waals surface area (Å²) in [6, 6.07) is 23.4. The van der Waals surface area contributed by atoms with E-state index in [1.54, 1.807) is 12.3 Å². The molecule has 4 aromatic rings. The highest BCUT2D eigenvalue weighted by Gasteiger charge is 2.07. The summed E-state index contributed by atoms with van der Waals surface area (Å²) in [7, 11) is 0. The van der Waals surface area contributed by atoms with Crippen LogP contribution < -0.4 is 5.43 Å². The predicted octanol–water partition coefficient (Wildman–Crippen LogP) is 4.08. The van der Waals surface area contributed by atoms with Crippen LogP contribution in [0.4, 0.5) is 0 Å². The molecule has 5 nitrogen and oxygen atoms in total. The number of amides is 1. The monoisotopic (exact) mass is 352 g/mol. The van der Waals surface area contributed by atoms with Crippen LogP contribution in [0.1, 0.15) is 15.9 Å². The Labute approximate surface area is 156 Å². The predicted molar refractivity (Wildman–Crippen MR) is 107 cm³/mol. The van der Waals surface area contributed by atoms with Crippen LogP contribution in [0, 0.1) is 11.3 Å². The number of nitrogens with zero attached hydrogens (tertiary/aromatic N) is 3. The van der Waals surface area contributed by atoms with Gasteiger partial charge in [-0.1, -0.05) is 48.5 Å². The van der Waals surface area contributed by atoms with E-state index in [0.29, 0.717) is 5.56 Å². The van der Waals surface area contributed by atoms with Crippen LogP contribution in [-0.4, -0.2) is 16.7 Å². The fourth-order valence-corrected chi connectivity index (χ4v) is 3.14. The highest BCUT2D eigenvalue weighted by atomic mass is 16.2. The third kappa shape index (κ3) is 3.29. The number of hydrogen-bond acceptors (Lipinski definition) is 3. The molecule has 0 saturated heterocycles. The molecular weight excluding hydrogens is 336 g/mol. The molecule has 0 bridgehead atoms. The van der Waals surface area contributed by atoms with Gasteiger partial charge in [0.15, 0.2) is 0 Å². The average Bonchev–Trinajstić information content (AvgIpc) is 3.06. The van der Waals surface area contributed by atoms with Crippen molar-refractivity contribution in [1.29, 1.82) is 5.26 Å². The second kappa shape index (κ2) is 7.14. The van der Waals surface area contributed by atoms with Gasteiger partial charge in [0.1, 0.15) is 6.54 Å². The lowest BCUT2D eigenvalue weighted by atomic mass is 10.1. The van der Waals surface area contributed by atoms with Gasteiger partial charge in [0.25, 0.3) is 5.91 Å². The maximum atomic E-state index is 12.4. The number of para-hydroxylation sites is 1. The van der Waals surface area contributed by atoms with E-state index < -0.39 is 0 Å². The molecule has 1 aromatic heterocycles. The van der Waals surface area contributed by atoms with Crippen molar-refractivity contribution in [3.8, 4) is 6.07 Å². The number of carbonyl (C=O) groups excluding carboxylic acids is 1. The van der Waals surface area contributed by atoms with E-state index in [4.69, 9.17) is 5.26 Å². The second-order valence-corrected chi connectivity index (χ2v) is 6.15. The first-order chi connectivity index (χ1) is 13.3. The average molecular weight is 352 g/mol. The van der Waals surface area contributed by atoms with Gasteiger partial charge < -0.3 is 4.57 Å². The molecule has 0 atom stereocenters. The fourth-order valence-electron chi connectivity index (χ4n) is 3.14. The fraction of sp³-hybridized carbons (Fsp3) is 0.0455. The SMILES string of the molecule is N#CCn1cc(C=NNC(=O)c2ccc3ccccc3c2)c2ccccc21. The molecule has 1 N–H and O–H groups in total. The van der Waals surface area contributed by atoms with E-state index >= 15 is 0 Å². The quantitative estimate of drug-likeness (QED) is 0.444. The Kier molecular flexibility index (Phi) is 4.38. The van der Waals surface area contributed by atoms with E-state index in [0.717, 1.165) is 27.2 Å². The van der Waals surface area contributed by atoms with E-state index in [1.807, 2.05) is 71.4 Å². The van der Waals surface area contributed by atoms with Crippen molar-refractivity contribution in [2.24, 2.45) is 5.10 Å². The Morgan fingerprint density at radius 2 is 1.85 bits per heavy atom. The minimum Gasteiger partial charge on any atom is -0.333 e. The molecular formula is C22H16N4O. The number of hydrazone groups is 1. The van der Waals surface area contributed by atoms with Crippen molar-refractivity contribution < 1.29 is 4.79 Å². The highest BCUT2D eigenvalue weighted by molar-refractivity contribution is 6.01. The first-order valence-electron chi connectivity index (χ1n) is 8.53. The smallest absolute Gasteiger partial charge is 0.271 e. The molecule has 0 saturated carbocycles. The topological polar surface area (TPSA) is 70.2 Å². The minimum absolute atomic E-state index is 0.262. The van der Waals surface area contributed by atoms with Crippen LogP contribution in [-0.2, 0) is 6.54 Å². The molecule has 3 aromatic carbocycles. The maximum Gasteiger partial charge on any atom is 0.271 e. The largest absolute Gasteiger partial charge is 0.333 e. The Balaban J connectivity index is 1.56. The molecule has 0 aliphatic rings. The zero-order valence-corrected chi connectivity index (χ0v) is 14.5. The Hall–Kier alpha value is -3.91. The number of aromatic nitrogens is 1. The van der Waals surface area contributed by atoms with Gasteiger partial charge in [-0.2, -0.15) is 10.4 Å². The van der Waals surface area contributed by atoms with E-state index in [-0.39, 0.29) is 12.5 Å². The molecule has 0 aliphatic carbocycles. The standard InChI is InChI=1S/C22H16N4O/c23-11-12-26-15-19(20-7-3-4-8-21(20)26)14-24-25-22(27)18-10-9-16-5-1-2-6-17(16)13-18/h1-10,13-15H,12H2,(H,25,27). The van der Waals surface area contributed by atoms with Crippen molar-refractivity contribution in [2.45, 2.75) is 6.54 Å². The zero-order chi connectivity index (χ0) is 18.6. The van der Waals surface area contributed by atoms with Crippen LogP contribution in [0.25, 0.3) is 21.7 Å². The molecule has 4 rings (SSSR count). The summed E-state index contributed by atoms with van der Waals surface area (Å²) in [5.74, 6) is -0.266. The van der Waals surface area contributed by atoms with Gasteiger partial charge in [-0.15, -0.1) is 0 Å². The summed E-state index contributed by atoms with van der Waals surface area (Å²) in [6.45, 7) is 0.262. The number of carbonyl (C=O) groups is 1. The van der Waals surface area contributed by atoms with Gasteiger partial charge in [0.05, 0.1) is 12.3 Å². The summed E-state index contributed by atoms with van der Waals surface area (Å²) >= 11 is 0. The molecule has 5 heteroatoms. The third-order valence-electron chi connectivity index (χ3n) is 4.44. The van der Waals surface area contributed by atoms with Crippen LogP contribution >= 0.6 is 0 Å². The van der Waals surface area contributed by atoms with Gasteiger partial charge in [-0.25, -0.2) is 5.43 Å². The Morgan fingerprint density at radius 3 is 2.70 bits per heavy atom. The first-order valence-corrected chi connectivity index (χ1v) is 8.53. The first kappa shape index (κ1) is 16.6. The van der Waals surface area contributed by atoms with Crippen molar-refractivity contribution in [2.75, 3.05) is 0 Å². The second-order valence-electron chi connectivity index (χ2n) is 6.15. The van der Waals surface area contributed by atoms with Gasteiger partial charge in [-0.05, 0) is 29.0 Å². The number of benzene rings is 3. The van der Waals surface area contributed by atoms with Crippen molar-refractivity contribution in [1.82, 2.24) is 9.99 Å². The maximum absolute atomic E-state index is 12.4. The number of rotatable bonds is 4. The highest BCUT2D eigenvalue weighted by Crippen LogP contribution is 2.20. The van der Waals surface area contributed by atoms with E-state index in [1.165, 1.54) is 0 Å². The molecule has 1 heterocycles. The summed E-state index contributed by atoms with van der Waals surface area (Å²) in [4.78, 5) is 12.4. The number of nitrogens with one attached hydrogen (secondary N) is 1. The summed E-state index contributed by atoms with van der Waals surface area (Å²) < 4.78 is 1.86. The molecule has 0 spiro atoms. The third-order valence-corrected chi connectivity index (χ3v) is 4.44. The van der Waals surface area contributed by atoms with Crippen molar-refractivity contribution >= 4 is 33.8 Å². The van der Waals surface area contributed by atoms with Crippen molar-refractivity contribution in [3.05, 3.63) is 84.1 Å². The lowest BCUT2D eigenvalue weighted by molar-refractivity contribution is 0.0955. The Morgan fingerprint density at radius 1 is 1.07 bits per heavy atom. The van der Waals surface area contributed by atoms with Crippen LogP contribution in [0.15, 0.2) is 78.0 Å². The summed E-state index contributed by atoms with van der Waals surface area (Å²) in [5, 5.41) is 16.2. The Bertz CT molecular complexity index is 1210. The molecule has 0 aliphatic heterocycles. The van der Waals surface area contributed by atoms with Crippen LogP contribution in [0.5, 0.6) is 0 Å².